The molecule has 1 aliphatic heterocycles. The molecular formula is C15H15FN6O3. The quantitative estimate of drug-likeness (QED) is 0.768. The molecule has 9 nitrogen and oxygen atoms in total. The van der Waals surface area contributed by atoms with E-state index in [1.165, 1.54) is 16.9 Å². The highest BCUT2D eigenvalue weighted by Crippen LogP contribution is 2.15. The summed E-state index contributed by atoms with van der Waals surface area (Å²) in [4.78, 5) is 24.7. The molecular weight excluding hydrogens is 331 g/mol. The molecule has 25 heavy (non-hydrogen) atoms. The van der Waals surface area contributed by atoms with Gasteiger partial charge in [0.2, 0.25) is 5.82 Å². The molecule has 3 rings (SSSR count). The van der Waals surface area contributed by atoms with Gasteiger partial charge < -0.3 is 15.4 Å². The molecule has 0 unspecified atom stereocenters. The van der Waals surface area contributed by atoms with Crippen LogP contribution in [0.2, 0.25) is 0 Å². The van der Waals surface area contributed by atoms with Crippen molar-refractivity contribution >= 4 is 12.0 Å². The van der Waals surface area contributed by atoms with Crippen molar-refractivity contribution in [3.8, 4) is 11.4 Å². The van der Waals surface area contributed by atoms with Crippen LogP contribution in [0.25, 0.3) is 11.4 Å². The first-order valence-electron chi connectivity index (χ1n) is 7.54. The Kier molecular flexibility index (Phi) is 4.68. The van der Waals surface area contributed by atoms with Crippen molar-refractivity contribution < 1.29 is 18.7 Å². The lowest BCUT2D eigenvalue weighted by atomic mass is 10.1. The fourth-order valence-corrected chi connectivity index (χ4v) is 2.28. The molecule has 0 spiro atoms. The first-order chi connectivity index (χ1) is 12.1. The summed E-state index contributed by atoms with van der Waals surface area (Å²) in [6.45, 7) is 1.97. The molecule has 1 aromatic carbocycles. The van der Waals surface area contributed by atoms with E-state index >= 15 is 0 Å². The summed E-state index contributed by atoms with van der Waals surface area (Å²) in [6.07, 6.45) is 0. The second-order valence-electron chi connectivity index (χ2n) is 5.14. The Balaban J connectivity index is 1.84. The van der Waals surface area contributed by atoms with Gasteiger partial charge >= 0.3 is 12.0 Å². The predicted octanol–water partition coefficient (Wildman–Crippen LogP) is 0.609. The first kappa shape index (κ1) is 16.6. The Morgan fingerprint density at radius 3 is 3.04 bits per heavy atom. The number of benzene rings is 1. The van der Waals surface area contributed by atoms with Gasteiger partial charge in [0, 0.05) is 5.56 Å². The summed E-state index contributed by atoms with van der Waals surface area (Å²) in [5.41, 5.74) is 1.08. The summed E-state index contributed by atoms with van der Waals surface area (Å²) < 4.78 is 18.3. The van der Waals surface area contributed by atoms with E-state index in [4.69, 9.17) is 4.74 Å². The number of hydrogen-bond donors (Lipinski definition) is 2. The number of ether oxygens (including phenoxy) is 1. The van der Waals surface area contributed by atoms with Crippen molar-refractivity contribution in [3.05, 3.63) is 41.4 Å². The summed E-state index contributed by atoms with van der Waals surface area (Å²) in [7, 11) is 0. The van der Waals surface area contributed by atoms with Crippen molar-refractivity contribution in [1.29, 1.82) is 0 Å². The molecule has 0 radical (unpaired) electrons. The number of halogens is 1. The summed E-state index contributed by atoms with van der Waals surface area (Å²) in [6, 6.07) is 5.36. The van der Waals surface area contributed by atoms with E-state index in [1.807, 2.05) is 0 Å². The SMILES string of the molecule is CCOC(=O)C1=C(Cn2nnc(-c3cccc(F)c3)n2)NC(=O)NC1. The Morgan fingerprint density at radius 2 is 2.28 bits per heavy atom. The third-order valence-corrected chi connectivity index (χ3v) is 3.41. The largest absolute Gasteiger partial charge is 0.463 e. The zero-order valence-electron chi connectivity index (χ0n) is 13.3. The number of esters is 1. The number of amides is 2. The first-order valence-corrected chi connectivity index (χ1v) is 7.54. The molecule has 2 heterocycles. The topological polar surface area (TPSA) is 111 Å². The summed E-state index contributed by atoms with van der Waals surface area (Å²) in [5, 5.41) is 17.0. The molecule has 2 N–H and O–H groups in total. The number of aromatic nitrogens is 4. The Bertz CT molecular complexity index is 847. The number of rotatable bonds is 5. The third-order valence-electron chi connectivity index (χ3n) is 3.41. The van der Waals surface area contributed by atoms with Gasteiger partial charge in [0.25, 0.3) is 0 Å². The fraction of sp³-hybridized carbons (Fsp3) is 0.267. The van der Waals surface area contributed by atoms with E-state index in [1.54, 1.807) is 19.1 Å². The molecule has 1 aromatic heterocycles. The van der Waals surface area contributed by atoms with Crippen LogP contribution in [0.15, 0.2) is 35.5 Å². The molecule has 0 atom stereocenters. The zero-order chi connectivity index (χ0) is 17.8. The van der Waals surface area contributed by atoms with Crippen LogP contribution >= 0.6 is 0 Å². The molecule has 0 saturated heterocycles. The number of hydrogen-bond acceptors (Lipinski definition) is 6. The van der Waals surface area contributed by atoms with Gasteiger partial charge in [-0.2, -0.15) is 4.80 Å². The second-order valence-corrected chi connectivity index (χ2v) is 5.14. The van der Waals surface area contributed by atoms with Gasteiger partial charge in [-0.1, -0.05) is 12.1 Å². The van der Waals surface area contributed by atoms with Crippen LogP contribution in [0.3, 0.4) is 0 Å². The maximum atomic E-state index is 13.3. The lowest BCUT2D eigenvalue weighted by molar-refractivity contribution is -0.138. The average Bonchev–Trinajstić information content (AvgIpc) is 3.04. The number of carbonyl (C=O) groups is 2. The number of carbonyl (C=O) groups excluding carboxylic acids is 2. The van der Waals surface area contributed by atoms with Gasteiger partial charge in [-0.25, -0.2) is 14.0 Å². The Hall–Kier alpha value is -3.30. The van der Waals surface area contributed by atoms with E-state index in [9.17, 15) is 14.0 Å². The van der Waals surface area contributed by atoms with E-state index in [2.05, 4.69) is 26.0 Å². The van der Waals surface area contributed by atoms with E-state index in [0.717, 1.165) is 0 Å². The van der Waals surface area contributed by atoms with Crippen LogP contribution in [0, 0.1) is 5.82 Å². The minimum Gasteiger partial charge on any atom is -0.463 e. The standard InChI is InChI=1S/C15H15FN6O3/c1-2-25-14(23)11-7-17-15(24)18-12(11)8-22-20-13(19-21-22)9-4-3-5-10(16)6-9/h3-6H,2,7-8H2,1H3,(H2,17,18,24). The van der Waals surface area contributed by atoms with Gasteiger partial charge in [0.05, 0.1) is 24.4 Å². The number of tetrazole rings is 1. The number of allylic oxidation sites excluding steroid dienone is 1. The molecule has 10 heteroatoms. The van der Waals surface area contributed by atoms with Crippen molar-refractivity contribution in [2.75, 3.05) is 13.2 Å². The van der Waals surface area contributed by atoms with Crippen molar-refractivity contribution in [3.63, 3.8) is 0 Å². The smallest absolute Gasteiger partial charge is 0.337 e. The lowest BCUT2D eigenvalue weighted by Gasteiger charge is -2.20. The summed E-state index contributed by atoms with van der Waals surface area (Å²) >= 11 is 0. The molecule has 1 aliphatic rings. The number of nitrogens with one attached hydrogen (secondary N) is 2. The van der Waals surface area contributed by atoms with Crippen LogP contribution in [0.5, 0.6) is 0 Å². The van der Waals surface area contributed by atoms with Crippen molar-refractivity contribution in [2.24, 2.45) is 0 Å². The van der Waals surface area contributed by atoms with Crippen LogP contribution < -0.4 is 10.6 Å². The highest BCUT2D eigenvalue weighted by atomic mass is 19.1. The predicted molar refractivity (Wildman–Crippen MR) is 83.4 cm³/mol. The maximum absolute atomic E-state index is 13.3. The highest BCUT2D eigenvalue weighted by Gasteiger charge is 2.24. The minimum absolute atomic E-state index is 0.0177. The summed E-state index contributed by atoms with van der Waals surface area (Å²) in [5.74, 6) is -0.708. The minimum atomic E-state index is -0.532. The van der Waals surface area contributed by atoms with Gasteiger partial charge in [-0.05, 0) is 24.3 Å². The zero-order valence-corrected chi connectivity index (χ0v) is 13.3. The van der Waals surface area contributed by atoms with Gasteiger partial charge in [-0.3, -0.25) is 0 Å². The number of urea groups is 1. The fourth-order valence-electron chi connectivity index (χ4n) is 2.28. The van der Waals surface area contributed by atoms with Gasteiger partial charge in [0.1, 0.15) is 12.4 Å². The maximum Gasteiger partial charge on any atom is 0.337 e. The van der Waals surface area contributed by atoms with Crippen LogP contribution in [0.4, 0.5) is 9.18 Å². The van der Waals surface area contributed by atoms with Crippen molar-refractivity contribution in [2.45, 2.75) is 13.5 Å². The molecule has 0 fully saturated rings. The van der Waals surface area contributed by atoms with Gasteiger partial charge in [0.15, 0.2) is 0 Å². The molecule has 0 saturated carbocycles. The normalized spacial score (nSPS) is 14.1. The van der Waals surface area contributed by atoms with E-state index in [-0.39, 0.29) is 31.1 Å². The van der Waals surface area contributed by atoms with E-state index in [0.29, 0.717) is 11.3 Å². The number of nitrogens with zero attached hydrogens (tertiary/aromatic N) is 4. The van der Waals surface area contributed by atoms with Crippen LogP contribution in [-0.4, -0.2) is 45.4 Å². The second kappa shape index (κ2) is 7.07. The monoisotopic (exact) mass is 346 g/mol. The molecule has 2 amide bonds. The van der Waals surface area contributed by atoms with Crippen LogP contribution in [-0.2, 0) is 16.1 Å². The Morgan fingerprint density at radius 1 is 1.44 bits per heavy atom. The van der Waals surface area contributed by atoms with Crippen molar-refractivity contribution in [1.82, 2.24) is 30.8 Å². The molecule has 0 bridgehead atoms. The average molecular weight is 346 g/mol. The Labute approximate surface area is 141 Å². The highest BCUT2D eigenvalue weighted by molar-refractivity contribution is 5.93. The lowest BCUT2D eigenvalue weighted by Crippen LogP contribution is -2.45. The van der Waals surface area contributed by atoms with Crippen LogP contribution in [0.1, 0.15) is 6.92 Å². The van der Waals surface area contributed by atoms with Gasteiger partial charge in [-0.15, -0.1) is 10.2 Å². The molecule has 0 aliphatic carbocycles. The molecule has 130 valence electrons. The third kappa shape index (κ3) is 3.79. The molecule has 2 aromatic rings. The van der Waals surface area contributed by atoms with E-state index < -0.39 is 17.8 Å².